The number of ketones is 1. The summed E-state index contributed by atoms with van der Waals surface area (Å²) in [5.41, 5.74) is 0. The first-order valence-electron chi connectivity index (χ1n) is 28.3. The average molecular weight is 1180 g/mol. The van der Waals surface area contributed by atoms with E-state index in [9.17, 15) is 59.7 Å². The highest BCUT2D eigenvalue weighted by atomic mass is 32.2. The molecule has 0 aromatic heterocycles. The molecular formula is C53H93N5O20S2. The van der Waals surface area contributed by atoms with Crippen molar-refractivity contribution in [3.05, 3.63) is 0 Å². The number of ether oxygens (including phenoxy) is 5. The molecule has 4 aliphatic rings. The molecule has 4 amide bonds. The van der Waals surface area contributed by atoms with E-state index in [-0.39, 0.29) is 91.8 Å². The normalized spacial score (nSPS) is 29.2. The summed E-state index contributed by atoms with van der Waals surface area (Å²) in [7, 11) is 1.67. The van der Waals surface area contributed by atoms with Crippen LogP contribution in [0.4, 0.5) is 0 Å². The number of carbonyl (C=O) groups is 5. The maximum Gasteiger partial charge on any atom is 0.373 e. The van der Waals surface area contributed by atoms with Gasteiger partial charge in [-0.1, -0.05) is 39.0 Å². The molecule has 2 saturated heterocycles. The van der Waals surface area contributed by atoms with E-state index in [0.717, 1.165) is 32.1 Å². The van der Waals surface area contributed by atoms with Crippen molar-refractivity contribution < 1.29 is 98.1 Å². The third-order valence-corrected chi connectivity index (χ3v) is 17.0. The number of rotatable bonds is 36. The summed E-state index contributed by atoms with van der Waals surface area (Å²) in [6.45, 7) is 3.49. The van der Waals surface area contributed by atoms with Crippen LogP contribution in [0.1, 0.15) is 117 Å². The summed E-state index contributed by atoms with van der Waals surface area (Å²) in [5, 5.41) is 97.5. The molecule has 0 aromatic rings. The van der Waals surface area contributed by atoms with Gasteiger partial charge in [0.25, 0.3) is 0 Å². The minimum atomic E-state index is -1.48. The number of hydrogen-bond acceptors (Lipinski definition) is 23. The number of amides is 4. The molecule has 13 N–H and O–H groups in total. The van der Waals surface area contributed by atoms with Crippen molar-refractivity contribution in [3.63, 3.8) is 0 Å². The van der Waals surface area contributed by atoms with Crippen LogP contribution in [0.3, 0.4) is 0 Å². The molecule has 2 heterocycles. The molecule has 2 saturated carbocycles. The molecule has 16 atom stereocenters. The lowest BCUT2D eigenvalue weighted by molar-refractivity contribution is -0.335. The van der Waals surface area contributed by atoms with Gasteiger partial charge in [0.1, 0.15) is 48.8 Å². The van der Waals surface area contributed by atoms with Gasteiger partial charge in [-0.05, 0) is 95.8 Å². The minimum Gasteiger partial charge on any atom is -0.394 e. The summed E-state index contributed by atoms with van der Waals surface area (Å²) >= 11 is 2.61. The van der Waals surface area contributed by atoms with Gasteiger partial charge >= 0.3 is 6.15 Å². The molecule has 0 spiro atoms. The zero-order chi connectivity index (χ0) is 59.0. The molecule has 2 aliphatic carbocycles. The van der Waals surface area contributed by atoms with Crippen LogP contribution in [0.25, 0.3) is 0 Å². The van der Waals surface area contributed by atoms with Crippen molar-refractivity contribution in [1.29, 1.82) is 0 Å². The van der Waals surface area contributed by atoms with Crippen molar-refractivity contribution in [2.24, 2.45) is 11.8 Å². The molecule has 2 aliphatic heterocycles. The monoisotopic (exact) mass is 1180 g/mol. The van der Waals surface area contributed by atoms with Gasteiger partial charge in [0, 0.05) is 45.0 Å². The van der Waals surface area contributed by atoms with E-state index in [2.05, 4.69) is 26.6 Å². The van der Waals surface area contributed by atoms with Gasteiger partial charge in [0.2, 0.25) is 23.6 Å². The van der Waals surface area contributed by atoms with Gasteiger partial charge in [-0.15, -0.1) is 11.8 Å². The predicted octanol–water partition coefficient (Wildman–Crippen LogP) is -1.80. The fourth-order valence-corrected chi connectivity index (χ4v) is 11.7. The summed E-state index contributed by atoms with van der Waals surface area (Å²) in [6.07, 6.45) is -3.75. The predicted molar refractivity (Wildman–Crippen MR) is 293 cm³/mol. The van der Waals surface area contributed by atoms with Crippen LogP contribution in [0.5, 0.6) is 0 Å². The van der Waals surface area contributed by atoms with Crippen LogP contribution in [0.2, 0.25) is 0 Å². The van der Waals surface area contributed by atoms with Crippen LogP contribution in [-0.4, -0.2) is 244 Å². The van der Waals surface area contributed by atoms with E-state index >= 15 is 0 Å². The first kappa shape index (κ1) is 71.3. The lowest BCUT2D eigenvalue weighted by Crippen LogP contribution is -2.63. The SMILES string of the molecule is CNC(CCCCNC(=O)CSCCCC(=O)NCC1OCCC(OC2OC(CO)C(O)C(OCCC3CCCCC3)C2O)C1OC1CC(C)C(O)C(O)C1O)C(=O)NC(CCCCNC(=O)CSCC(O)CO)C(C)=O.O=C=O. The Morgan fingerprint density at radius 2 is 1.38 bits per heavy atom. The molecule has 0 bridgehead atoms. The number of carbonyl (C=O) groups excluding carboxylic acids is 7. The van der Waals surface area contributed by atoms with Crippen molar-refractivity contribution >= 4 is 59.1 Å². The van der Waals surface area contributed by atoms with Gasteiger partial charge in [-0.2, -0.15) is 21.4 Å². The quantitative estimate of drug-likeness (QED) is 0.0308. The highest BCUT2D eigenvalue weighted by Crippen LogP contribution is 2.34. The number of hydrogen-bond donors (Lipinski definition) is 13. The van der Waals surface area contributed by atoms with Crippen molar-refractivity contribution in [2.75, 3.05) is 76.1 Å². The number of thioether (sulfide) groups is 2. The molecule has 27 heteroatoms. The Hall–Kier alpha value is -2.93. The highest BCUT2D eigenvalue weighted by Gasteiger charge is 2.50. The van der Waals surface area contributed by atoms with E-state index in [4.69, 9.17) is 38.4 Å². The van der Waals surface area contributed by atoms with E-state index in [1.54, 1.807) is 14.0 Å². The average Bonchev–Trinajstić information content (AvgIpc) is 3.45. The number of aliphatic hydroxyl groups is 8. The van der Waals surface area contributed by atoms with Crippen LogP contribution < -0.4 is 26.6 Å². The lowest BCUT2D eigenvalue weighted by Gasteiger charge is -2.47. The summed E-state index contributed by atoms with van der Waals surface area (Å²) in [4.78, 5) is 79.3. The second-order valence-electron chi connectivity index (χ2n) is 21.1. The Morgan fingerprint density at radius 3 is 2.00 bits per heavy atom. The van der Waals surface area contributed by atoms with Crippen molar-refractivity contribution in [1.82, 2.24) is 26.6 Å². The second kappa shape index (κ2) is 40.4. The zero-order valence-corrected chi connectivity index (χ0v) is 48.3. The highest BCUT2D eigenvalue weighted by molar-refractivity contribution is 8.00. The fourth-order valence-electron chi connectivity index (χ4n) is 10.2. The maximum atomic E-state index is 13.1. The molecule has 16 unspecified atom stereocenters. The van der Waals surface area contributed by atoms with Crippen LogP contribution in [0, 0.1) is 11.8 Å². The minimum absolute atomic E-state index is 0.0215. The van der Waals surface area contributed by atoms with E-state index in [1.807, 2.05) is 0 Å². The van der Waals surface area contributed by atoms with Gasteiger partial charge in [-0.3, -0.25) is 24.0 Å². The maximum absolute atomic E-state index is 13.1. The molecule has 80 heavy (non-hydrogen) atoms. The Bertz CT molecular complexity index is 1820. The number of Topliss-reactive ketones (excluding diaryl/α,β-unsaturated/α-hetero) is 1. The smallest absolute Gasteiger partial charge is 0.373 e. The number of unbranched alkanes of at least 4 members (excludes halogenated alkanes) is 2. The molecule has 0 radical (unpaired) electrons. The van der Waals surface area contributed by atoms with Crippen LogP contribution in [-0.2, 0) is 57.2 Å². The van der Waals surface area contributed by atoms with Gasteiger partial charge in [-0.25, -0.2) is 0 Å². The largest absolute Gasteiger partial charge is 0.394 e. The molecule has 462 valence electrons. The molecular weight excluding hydrogens is 1090 g/mol. The Kier molecular flexibility index (Phi) is 36.0. The first-order valence-corrected chi connectivity index (χ1v) is 30.6. The summed E-state index contributed by atoms with van der Waals surface area (Å²) in [5.74, 6) is 0.121. The Morgan fingerprint density at radius 1 is 0.725 bits per heavy atom. The summed E-state index contributed by atoms with van der Waals surface area (Å²) in [6, 6.07) is -1.20. The van der Waals surface area contributed by atoms with Crippen LogP contribution in [0.15, 0.2) is 0 Å². The zero-order valence-electron chi connectivity index (χ0n) is 46.7. The van der Waals surface area contributed by atoms with Gasteiger partial charge in [0.15, 0.2) is 12.1 Å². The Balaban J connectivity index is 0.00000547. The van der Waals surface area contributed by atoms with Gasteiger partial charge in [0.05, 0.1) is 61.2 Å². The molecule has 25 nitrogen and oxygen atoms in total. The third kappa shape index (κ3) is 25.9. The first-order chi connectivity index (χ1) is 38.4. The fraction of sp³-hybridized carbons (Fsp3) is 0.887. The Labute approximate surface area is 478 Å². The van der Waals surface area contributed by atoms with E-state index in [0.29, 0.717) is 76.3 Å². The topological polar surface area (TPSA) is 388 Å². The standard InChI is InChI=1S/C52H93N5O18S2.CO2/c1-31-24-38(45(66)47(68)44(31)65)73-49-37(74-52-48(69)50(46(67)40(27-59)75-52)72-21-17-33-12-5-4-6-13-33)18-22-71-39(49)25-56-41(62)16-11-23-76-29-42(63)54-20-10-8-15-36(53-3)51(70)57-35(32(2)60)14-7-9-19-55-43(64)30-77-28-34(61)26-58;2-1-3/h31,33-40,44-50,52-53,58-59,61,65-69H,4-30H2,1-3H3,(H,54,63)(H,55,64)(H,56,62)(H,57,70);. The lowest BCUT2D eigenvalue weighted by atomic mass is 9.81. The molecule has 4 rings (SSSR count). The third-order valence-electron chi connectivity index (χ3n) is 14.9. The van der Waals surface area contributed by atoms with Crippen LogP contribution >= 0.6 is 23.5 Å². The van der Waals surface area contributed by atoms with E-state index < -0.39 is 104 Å². The number of aliphatic hydroxyl groups excluding tert-OH is 8. The van der Waals surface area contributed by atoms with E-state index in [1.165, 1.54) is 36.9 Å². The molecule has 0 aromatic carbocycles. The number of nitrogens with one attached hydrogen (secondary N) is 5. The van der Waals surface area contributed by atoms with Crippen molar-refractivity contribution in [3.8, 4) is 0 Å². The molecule has 4 fully saturated rings. The number of likely N-dealkylation sites (N-methyl/N-ethyl adjacent to an activating group) is 1. The van der Waals surface area contributed by atoms with Gasteiger partial charge < -0.3 is 91.1 Å². The second-order valence-corrected chi connectivity index (χ2v) is 23.3. The van der Waals surface area contributed by atoms with Crippen molar-refractivity contribution in [2.45, 2.75) is 208 Å². The summed E-state index contributed by atoms with van der Waals surface area (Å²) < 4.78 is 31.0.